The quantitative estimate of drug-likeness (QED) is 0.794. The Balaban J connectivity index is 2.10. The van der Waals surface area contributed by atoms with Crippen molar-refractivity contribution in [3.05, 3.63) is 23.4 Å². The van der Waals surface area contributed by atoms with Gasteiger partial charge in [-0.2, -0.15) is 0 Å². The number of aryl methyl sites for hydroxylation is 1. The van der Waals surface area contributed by atoms with Gasteiger partial charge in [0.2, 0.25) is 5.91 Å². The lowest BCUT2D eigenvalue weighted by atomic mass is 10.1. The van der Waals surface area contributed by atoms with Gasteiger partial charge >= 0.3 is 0 Å². The molecule has 1 fully saturated rings. The van der Waals surface area contributed by atoms with Crippen LogP contribution in [0, 0.1) is 6.92 Å². The summed E-state index contributed by atoms with van der Waals surface area (Å²) >= 11 is 0. The second-order valence-electron chi connectivity index (χ2n) is 5.32. The largest absolute Gasteiger partial charge is 0.353 e. The van der Waals surface area contributed by atoms with Crippen LogP contribution in [0.5, 0.6) is 0 Å². The number of aromatic nitrogens is 1. The lowest BCUT2D eigenvalue weighted by molar-refractivity contribution is -0.122. The third kappa shape index (κ3) is 3.28. The molecule has 0 aromatic carbocycles. The highest BCUT2D eigenvalue weighted by Gasteiger charge is 2.27. The number of anilines is 1. The van der Waals surface area contributed by atoms with Crippen LogP contribution in [0.1, 0.15) is 31.4 Å². The molecule has 1 aromatic heterocycles. The first-order chi connectivity index (χ1) is 9.63. The number of pyridine rings is 1. The molecule has 1 aliphatic rings. The lowest BCUT2D eigenvalue weighted by Gasteiger charge is -2.34. The topological polar surface area (TPSA) is 57.3 Å². The molecule has 1 aromatic rings. The smallest absolute Gasteiger partial charge is 0.242 e. The van der Waals surface area contributed by atoms with Gasteiger partial charge in [0.1, 0.15) is 11.9 Å². The van der Waals surface area contributed by atoms with Gasteiger partial charge in [-0.05, 0) is 44.0 Å². The summed E-state index contributed by atoms with van der Waals surface area (Å²) in [6, 6.07) is 2.00. The van der Waals surface area contributed by atoms with Crippen LogP contribution in [-0.2, 0) is 11.3 Å². The Kier molecular flexibility index (Phi) is 4.95. The Bertz CT molecular complexity index is 475. The molecule has 1 atom stereocenters. The molecular formula is C15H24N4O. The fraction of sp³-hybridized carbons (Fsp3) is 0.600. The van der Waals surface area contributed by atoms with Crippen LogP contribution < -0.4 is 15.5 Å². The zero-order chi connectivity index (χ0) is 14.5. The fourth-order valence-corrected chi connectivity index (χ4v) is 2.50. The first kappa shape index (κ1) is 14.8. The molecule has 20 heavy (non-hydrogen) atoms. The van der Waals surface area contributed by atoms with Gasteiger partial charge in [-0.25, -0.2) is 4.98 Å². The zero-order valence-corrected chi connectivity index (χ0v) is 12.6. The number of rotatable bonds is 5. The van der Waals surface area contributed by atoms with E-state index in [4.69, 9.17) is 0 Å². The molecule has 0 spiro atoms. The molecule has 2 rings (SSSR count). The number of amides is 1. The molecule has 1 unspecified atom stereocenters. The molecular weight excluding hydrogens is 252 g/mol. The number of carbonyl (C=O) groups is 1. The standard InChI is InChI=1S/C15H24N4O/c1-4-5-16-9-13-8-11(2)14(18-10-13)19-7-6-17-15(20)12(19)3/h8,10,12,16H,4-7,9H2,1-3H3,(H,17,20). The second-order valence-corrected chi connectivity index (χ2v) is 5.32. The van der Waals surface area contributed by atoms with E-state index in [-0.39, 0.29) is 11.9 Å². The summed E-state index contributed by atoms with van der Waals surface area (Å²) in [5.41, 5.74) is 2.32. The highest BCUT2D eigenvalue weighted by Crippen LogP contribution is 2.21. The minimum absolute atomic E-state index is 0.0751. The van der Waals surface area contributed by atoms with Gasteiger partial charge < -0.3 is 15.5 Å². The van der Waals surface area contributed by atoms with Crippen LogP contribution in [0.15, 0.2) is 12.3 Å². The van der Waals surface area contributed by atoms with E-state index in [9.17, 15) is 4.79 Å². The van der Waals surface area contributed by atoms with Crippen molar-refractivity contribution in [2.75, 3.05) is 24.5 Å². The van der Waals surface area contributed by atoms with E-state index in [0.29, 0.717) is 6.54 Å². The number of nitrogens with zero attached hydrogens (tertiary/aromatic N) is 2. The molecule has 1 aliphatic heterocycles. The summed E-state index contributed by atoms with van der Waals surface area (Å²) in [6.07, 6.45) is 3.04. The lowest BCUT2D eigenvalue weighted by Crippen LogP contribution is -2.54. The molecule has 2 heterocycles. The van der Waals surface area contributed by atoms with E-state index >= 15 is 0 Å². The molecule has 5 nitrogen and oxygen atoms in total. The Morgan fingerprint density at radius 3 is 3.05 bits per heavy atom. The highest BCUT2D eigenvalue weighted by molar-refractivity contribution is 5.86. The number of nitrogens with one attached hydrogen (secondary N) is 2. The van der Waals surface area contributed by atoms with Gasteiger partial charge in [-0.15, -0.1) is 0 Å². The van der Waals surface area contributed by atoms with E-state index < -0.39 is 0 Å². The number of carbonyl (C=O) groups excluding carboxylic acids is 1. The minimum Gasteiger partial charge on any atom is -0.353 e. The molecule has 5 heteroatoms. The van der Waals surface area contributed by atoms with E-state index in [0.717, 1.165) is 37.4 Å². The van der Waals surface area contributed by atoms with Gasteiger partial charge in [0.05, 0.1) is 0 Å². The first-order valence-electron chi connectivity index (χ1n) is 7.34. The summed E-state index contributed by atoms with van der Waals surface area (Å²) in [7, 11) is 0. The van der Waals surface area contributed by atoms with Crippen molar-refractivity contribution in [2.45, 2.75) is 39.8 Å². The van der Waals surface area contributed by atoms with Gasteiger partial charge in [-0.1, -0.05) is 6.92 Å². The van der Waals surface area contributed by atoms with E-state index in [2.05, 4.69) is 40.4 Å². The summed E-state index contributed by atoms with van der Waals surface area (Å²) in [4.78, 5) is 18.4. The van der Waals surface area contributed by atoms with E-state index in [1.54, 1.807) is 0 Å². The third-order valence-electron chi connectivity index (χ3n) is 3.63. The molecule has 0 radical (unpaired) electrons. The molecule has 110 valence electrons. The number of hydrogen-bond acceptors (Lipinski definition) is 4. The minimum atomic E-state index is -0.154. The summed E-state index contributed by atoms with van der Waals surface area (Å²) < 4.78 is 0. The molecule has 1 saturated heterocycles. The average molecular weight is 276 g/mol. The Labute approximate surface area is 120 Å². The maximum absolute atomic E-state index is 11.7. The molecule has 0 saturated carbocycles. The van der Waals surface area contributed by atoms with Crippen molar-refractivity contribution < 1.29 is 4.79 Å². The predicted molar refractivity (Wildman–Crippen MR) is 80.8 cm³/mol. The third-order valence-corrected chi connectivity index (χ3v) is 3.63. The summed E-state index contributed by atoms with van der Waals surface area (Å²) in [5, 5.41) is 6.25. The van der Waals surface area contributed by atoms with Gasteiger partial charge in [-0.3, -0.25) is 4.79 Å². The highest BCUT2D eigenvalue weighted by atomic mass is 16.2. The normalized spacial score (nSPS) is 19.1. The van der Waals surface area contributed by atoms with Crippen LogP contribution in [0.3, 0.4) is 0 Å². The monoisotopic (exact) mass is 276 g/mol. The predicted octanol–water partition coefficient (Wildman–Crippen LogP) is 1.21. The van der Waals surface area contributed by atoms with Crippen LogP contribution in [0.2, 0.25) is 0 Å². The molecule has 2 N–H and O–H groups in total. The zero-order valence-electron chi connectivity index (χ0n) is 12.6. The Hall–Kier alpha value is -1.62. The maximum Gasteiger partial charge on any atom is 0.242 e. The average Bonchev–Trinajstić information content (AvgIpc) is 2.43. The van der Waals surface area contributed by atoms with Crippen molar-refractivity contribution in [3.8, 4) is 0 Å². The van der Waals surface area contributed by atoms with Crippen LogP contribution >= 0.6 is 0 Å². The van der Waals surface area contributed by atoms with Crippen LogP contribution in [-0.4, -0.2) is 36.6 Å². The van der Waals surface area contributed by atoms with E-state index in [1.165, 1.54) is 5.56 Å². The van der Waals surface area contributed by atoms with Crippen LogP contribution in [0.25, 0.3) is 0 Å². The maximum atomic E-state index is 11.7. The fourth-order valence-electron chi connectivity index (χ4n) is 2.50. The number of piperazine rings is 1. The van der Waals surface area contributed by atoms with Crippen molar-refractivity contribution in [3.63, 3.8) is 0 Å². The van der Waals surface area contributed by atoms with Gasteiger partial charge in [0.25, 0.3) is 0 Å². The SMILES string of the molecule is CCCNCc1cnc(N2CCNC(=O)C2C)c(C)c1. The Morgan fingerprint density at radius 2 is 2.35 bits per heavy atom. The summed E-state index contributed by atoms with van der Waals surface area (Å²) in [6.45, 7) is 9.50. The van der Waals surface area contributed by atoms with Crippen LogP contribution in [0.4, 0.5) is 5.82 Å². The van der Waals surface area contributed by atoms with Crippen molar-refractivity contribution >= 4 is 11.7 Å². The van der Waals surface area contributed by atoms with Crippen molar-refractivity contribution in [1.29, 1.82) is 0 Å². The Morgan fingerprint density at radius 1 is 1.55 bits per heavy atom. The second kappa shape index (κ2) is 6.70. The van der Waals surface area contributed by atoms with E-state index in [1.807, 2.05) is 13.1 Å². The molecule has 0 bridgehead atoms. The van der Waals surface area contributed by atoms with Crippen molar-refractivity contribution in [2.24, 2.45) is 0 Å². The molecule has 0 aliphatic carbocycles. The van der Waals surface area contributed by atoms with Gasteiger partial charge in [0, 0.05) is 25.8 Å². The van der Waals surface area contributed by atoms with Crippen molar-refractivity contribution in [1.82, 2.24) is 15.6 Å². The van der Waals surface area contributed by atoms with Gasteiger partial charge in [0.15, 0.2) is 0 Å². The number of hydrogen-bond donors (Lipinski definition) is 2. The molecule has 1 amide bonds. The first-order valence-corrected chi connectivity index (χ1v) is 7.34. The summed E-state index contributed by atoms with van der Waals surface area (Å²) in [5.74, 6) is 0.998.